The first kappa shape index (κ1) is 10.3. The maximum atomic E-state index is 2.57. The van der Waals surface area contributed by atoms with Gasteiger partial charge in [0.25, 0.3) is 0 Å². The molecule has 0 atom stereocenters. The molecule has 0 nitrogen and oxygen atoms in total. The Morgan fingerprint density at radius 3 is 2.00 bits per heavy atom. The summed E-state index contributed by atoms with van der Waals surface area (Å²) in [5.74, 6) is 1.13. The average Bonchev–Trinajstić information content (AvgIpc) is 2.39. The van der Waals surface area contributed by atoms with E-state index in [4.69, 9.17) is 0 Å². The van der Waals surface area contributed by atoms with E-state index in [1.807, 2.05) is 0 Å². The van der Waals surface area contributed by atoms with Crippen molar-refractivity contribution in [3.05, 3.63) is 0 Å². The monoisotopic (exact) mass is 184 g/mol. The van der Waals surface area contributed by atoms with Crippen molar-refractivity contribution in [2.24, 2.45) is 11.3 Å². The zero-order chi connectivity index (χ0) is 9.41. The maximum absolute atomic E-state index is 2.57. The fourth-order valence-corrected chi connectivity index (χ4v) is 7.60. The fraction of sp³-hybridized carbons (Fsp3) is 1.00. The Kier molecular flexibility index (Phi) is 2.72. The van der Waals surface area contributed by atoms with Gasteiger partial charge in [0.05, 0.1) is 0 Å². The maximum Gasteiger partial charge on any atom is 0.0481 e. The largest absolute Gasteiger partial charge is 0.0693 e. The van der Waals surface area contributed by atoms with Gasteiger partial charge >= 0.3 is 0 Å². The van der Waals surface area contributed by atoms with Crippen LogP contribution in [0.1, 0.15) is 33.6 Å². The first-order chi connectivity index (χ1) is 5.29. The molecule has 1 aliphatic carbocycles. The molecule has 12 heavy (non-hydrogen) atoms. The van der Waals surface area contributed by atoms with E-state index in [0.29, 0.717) is 5.41 Å². The number of rotatable bonds is 3. The lowest BCUT2D eigenvalue weighted by Crippen LogP contribution is -2.31. The SMILES string of the molecule is CC(C)(C)C[Si](C)(C)CC1CC1. The standard InChI is InChI=1S/C11H24Si/c1-11(2,3)9-12(4,5)8-10-6-7-10/h10H,6-9H2,1-5H3. The van der Waals surface area contributed by atoms with Crippen LogP contribution in [0.2, 0.25) is 25.2 Å². The predicted molar refractivity (Wildman–Crippen MR) is 59.3 cm³/mol. The van der Waals surface area contributed by atoms with Crippen LogP contribution in [0.3, 0.4) is 0 Å². The van der Waals surface area contributed by atoms with E-state index in [1.165, 1.54) is 18.9 Å². The highest BCUT2D eigenvalue weighted by Gasteiger charge is 2.33. The fourth-order valence-electron chi connectivity index (χ4n) is 2.61. The zero-order valence-corrected chi connectivity index (χ0v) is 10.4. The van der Waals surface area contributed by atoms with Crippen molar-refractivity contribution in [2.45, 2.75) is 58.8 Å². The Labute approximate surface area is 78.8 Å². The summed E-state index contributed by atoms with van der Waals surface area (Å²) >= 11 is 0. The first-order valence-corrected chi connectivity index (χ1v) is 8.70. The normalized spacial score (nSPS) is 19.8. The Morgan fingerprint density at radius 2 is 1.67 bits per heavy atom. The highest BCUT2D eigenvalue weighted by molar-refractivity contribution is 6.77. The van der Waals surface area contributed by atoms with E-state index in [-0.39, 0.29) is 0 Å². The van der Waals surface area contributed by atoms with E-state index in [1.54, 1.807) is 6.04 Å². The van der Waals surface area contributed by atoms with Crippen molar-refractivity contribution in [3.8, 4) is 0 Å². The van der Waals surface area contributed by atoms with Gasteiger partial charge in [0.1, 0.15) is 0 Å². The van der Waals surface area contributed by atoms with Crippen molar-refractivity contribution in [3.63, 3.8) is 0 Å². The lowest BCUT2D eigenvalue weighted by atomic mass is 10.0. The molecular weight excluding hydrogens is 160 g/mol. The van der Waals surface area contributed by atoms with Crippen LogP contribution in [-0.4, -0.2) is 8.07 Å². The van der Waals surface area contributed by atoms with Crippen LogP contribution in [0.4, 0.5) is 0 Å². The van der Waals surface area contributed by atoms with Crippen LogP contribution in [-0.2, 0) is 0 Å². The van der Waals surface area contributed by atoms with Crippen molar-refractivity contribution in [1.29, 1.82) is 0 Å². The van der Waals surface area contributed by atoms with Gasteiger partial charge in [-0.2, -0.15) is 0 Å². The molecule has 0 N–H and O–H groups in total. The van der Waals surface area contributed by atoms with Gasteiger partial charge in [-0.3, -0.25) is 0 Å². The molecule has 0 spiro atoms. The lowest BCUT2D eigenvalue weighted by Gasteiger charge is -2.30. The molecule has 0 unspecified atom stereocenters. The van der Waals surface area contributed by atoms with E-state index >= 15 is 0 Å². The van der Waals surface area contributed by atoms with Crippen molar-refractivity contribution in [1.82, 2.24) is 0 Å². The third-order valence-electron chi connectivity index (χ3n) is 2.55. The molecule has 0 saturated heterocycles. The molecule has 0 aromatic rings. The van der Waals surface area contributed by atoms with Gasteiger partial charge < -0.3 is 0 Å². The summed E-state index contributed by atoms with van der Waals surface area (Å²) in [6, 6.07) is 3.08. The van der Waals surface area contributed by atoms with Gasteiger partial charge in [0.15, 0.2) is 0 Å². The highest BCUT2D eigenvalue weighted by atomic mass is 28.3. The van der Waals surface area contributed by atoms with Gasteiger partial charge in [0, 0.05) is 8.07 Å². The van der Waals surface area contributed by atoms with Crippen LogP contribution in [0, 0.1) is 11.3 Å². The second kappa shape index (κ2) is 3.17. The number of hydrogen-bond donors (Lipinski definition) is 0. The second-order valence-corrected chi connectivity index (χ2v) is 11.6. The van der Waals surface area contributed by atoms with Crippen LogP contribution in [0.15, 0.2) is 0 Å². The van der Waals surface area contributed by atoms with Gasteiger partial charge in [-0.15, -0.1) is 0 Å². The minimum Gasteiger partial charge on any atom is -0.0693 e. The van der Waals surface area contributed by atoms with E-state index in [0.717, 1.165) is 5.92 Å². The van der Waals surface area contributed by atoms with E-state index in [9.17, 15) is 0 Å². The molecule has 0 heterocycles. The van der Waals surface area contributed by atoms with Crippen molar-refractivity contribution >= 4 is 8.07 Å². The molecule has 0 aliphatic heterocycles. The Hall–Kier alpha value is 0.217. The first-order valence-electron chi connectivity index (χ1n) is 5.29. The number of hydrogen-bond acceptors (Lipinski definition) is 0. The Bertz CT molecular complexity index is 149. The van der Waals surface area contributed by atoms with Crippen LogP contribution < -0.4 is 0 Å². The molecule has 0 aromatic carbocycles. The molecule has 0 amide bonds. The van der Waals surface area contributed by atoms with Gasteiger partial charge in [-0.05, 0) is 11.3 Å². The van der Waals surface area contributed by atoms with Gasteiger partial charge in [-0.25, -0.2) is 0 Å². The highest BCUT2D eigenvalue weighted by Crippen LogP contribution is 2.41. The van der Waals surface area contributed by atoms with Crippen LogP contribution in [0.5, 0.6) is 0 Å². The quantitative estimate of drug-likeness (QED) is 0.578. The molecule has 0 radical (unpaired) electrons. The molecule has 1 heteroatoms. The lowest BCUT2D eigenvalue weighted by molar-refractivity contribution is 0.459. The van der Waals surface area contributed by atoms with Crippen LogP contribution in [0.25, 0.3) is 0 Å². The smallest absolute Gasteiger partial charge is 0.0481 e. The van der Waals surface area contributed by atoms with Crippen molar-refractivity contribution in [2.75, 3.05) is 0 Å². The topological polar surface area (TPSA) is 0 Å². The molecular formula is C11H24Si. The van der Waals surface area contributed by atoms with Crippen LogP contribution >= 0.6 is 0 Å². The minimum atomic E-state index is -0.839. The Balaban J connectivity index is 2.35. The third kappa shape index (κ3) is 4.29. The van der Waals surface area contributed by atoms with Gasteiger partial charge in [-0.1, -0.05) is 58.8 Å². The summed E-state index contributed by atoms with van der Waals surface area (Å²) < 4.78 is 0. The summed E-state index contributed by atoms with van der Waals surface area (Å²) in [4.78, 5) is 0. The molecule has 1 aliphatic rings. The predicted octanol–water partition coefficient (Wildman–Crippen LogP) is 4.15. The summed E-state index contributed by atoms with van der Waals surface area (Å²) in [6.07, 6.45) is 3.06. The summed E-state index contributed by atoms with van der Waals surface area (Å²) in [5.41, 5.74) is 0.560. The van der Waals surface area contributed by atoms with E-state index < -0.39 is 8.07 Å². The molecule has 1 saturated carbocycles. The Morgan fingerprint density at radius 1 is 1.17 bits per heavy atom. The summed E-state index contributed by atoms with van der Waals surface area (Å²) in [7, 11) is -0.839. The van der Waals surface area contributed by atoms with Crippen molar-refractivity contribution < 1.29 is 0 Å². The molecule has 72 valence electrons. The molecule has 0 aromatic heterocycles. The molecule has 1 fully saturated rings. The molecule has 0 bridgehead atoms. The second-order valence-electron chi connectivity index (χ2n) is 6.55. The van der Waals surface area contributed by atoms with E-state index in [2.05, 4.69) is 33.9 Å². The minimum absolute atomic E-state index is 0.560. The van der Waals surface area contributed by atoms with Gasteiger partial charge in [0.2, 0.25) is 0 Å². The zero-order valence-electron chi connectivity index (χ0n) is 9.41. The molecule has 1 rings (SSSR count). The third-order valence-corrected chi connectivity index (χ3v) is 6.25. The summed E-state index contributed by atoms with van der Waals surface area (Å²) in [6.45, 7) is 12.3. The average molecular weight is 184 g/mol. The summed E-state index contributed by atoms with van der Waals surface area (Å²) in [5, 5.41) is 0.